The maximum Gasteiger partial charge on any atom is 0.337 e. The van der Waals surface area contributed by atoms with Crippen LogP contribution in [0.4, 0.5) is 10.1 Å². The van der Waals surface area contributed by atoms with Crippen LogP contribution in [0.5, 0.6) is 0 Å². The van der Waals surface area contributed by atoms with Crippen molar-refractivity contribution in [3.05, 3.63) is 90.2 Å². The standard InChI is InChI=1S/C24H19FN4O3S/c1-32-23(31)17-7-11-19(12-8-17)26-21(30)15-33-24-28-27-22(16-5-3-2-4-6-16)29(24)20-13-9-18(25)10-14-20/h2-14H,15H2,1H3,(H,26,30). The Kier molecular flexibility index (Phi) is 6.80. The van der Waals surface area contributed by atoms with Gasteiger partial charge in [-0.1, -0.05) is 42.1 Å². The van der Waals surface area contributed by atoms with Crippen LogP contribution in [0, 0.1) is 5.82 Å². The highest BCUT2D eigenvalue weighted by molar-refractivity contribution is 7.99. The molecule has 0 atom stereocenters. The van der Waals surface area contributed by atoms with E-state index in [9.17, 15) is 14.0 Å². The van der Waals surface area contributed by atoms with Gasteiger partial charge in [-0.15, -0.1) is 10.2 Å². The molecule has 0 radical (unpaired) electrons. The van der Waals surface area contributed by atoms with Crippen LogP contribution in [0.1, 0.15) is 10.4 Å². The molecule has 3 aromatic carbocycles. The molecule has 7 nitrogen and oxygen atoms in total. The molecule has 0 unspecified atom stereocenters. The Labute approximate surface area is 193 Å². The van der Waals surface area contributed by atoms with Gasteiger partial charge in [0.05, 0.1) is 18.4 Å². The number of halogens is 1. The van der Waals surface area contributed by atoms with Crippen molar-refractivity contribution < 1.29 is 18.7 Å². The maximum atomic E-state index is 13.5. The molecule has 0 aliphatic heterocycles. The van der Waals surface area contributed by atoms with Crippen molar-refractivity contribution in [3.8, 4) is 17.1 Å². The monoisotopic (exact) mass is 462 g/mol. The topological polar surface area (TPSA) is 86.1 Å². The van der Waals surface area contributed by atoms with Crippen LogP contribution in [0.25, 0.3) is 17.1 Å². The smallest absolute Gasteiger partial charge is 0.337 e. The second-order valence-corrected chi connectivity index (χ2v) is 7.83. The van der Waals surface area contributed by atoms with E-state index < -0.39 is 5.97 Å². The van der Waals surface area contributed by atoms with Gasteiger partial charge < -0.3 is 10.1 Å². The number of benzene rings is 3. The summed E-state index contributed by atoms with van der Waals surface area (Å²) >= 11 is 1.21. The van der Waals surface area contributed by atoms with Crippen molar-refractivity contribution in [2.45, 2.75) is 5.16 Å². The molecule has 1 amide bonds. The minimum atomic E-state index is -0.446. The molecule has 0 aliphatic rings. The molecule has 0 aliphatic carbocycles. The van der Waals surface area contributed by atoms with Gasteiger partial charge in [0.15, 0.2) is 11.0 Å². The first-order valence-corrected chi connectivity index (χ1v) is 10.9. The lowest BCUT2D eigenvalue weighted by molar-refractivity contribution is -0.113. The number of nitrogens with zero attached hydrogens (tertiary/aromatic N) is 3. The fourth-order valence-corrected chi connectivity index (χ4v) is 3.85. The van der Waals surface area contributed by atoms with Gasteiger partial charge in [-0.2, -0.15) is 0 Å². The molecular formula is C24H19FN4O3S. The number of esters is 1. The fraction of sp³-hybridized carbons (Fsp3) is 0.0833. The van der Waals surface area contributed by atoms with Crippen molar-refractivity contribution in [3.63, 3.8) is 0 Å². The number of hydrogen-bond acceptors (Lipinski definition) is 6. The lowest BCUT2D eigenvalue weighted by Crippen LogP contribution is -2.14. The summed E-state index contributed by atoms with van der Waals surface area (Å²) < 4.78 is 19.9. The molecule has 0 bridgehead atoms. The number of ether oxygens (including phenoxy) is 1. The lowest BCUT2D eigenvalue weighted by atomic mass is 10.2. The Morgan fingerprint density at radius 3 is 2.33 bits per heavy atom. The van der Waals surface area contributed by atoms with Crippen molar-refractivity contribution in [2.24, 2.45) is 0 Å². The summed E-state index contributed by atoms with van der Waals surface area (Å²) in [5.41, 5.74) is 2.47. The second-order valence-electron chi connectivity index (χ2n) is 6.89. The highest BCUT2D eigenvalue weighted by atomic mass is 32.2. The number of methoxy groups -OCH3 is 1. The summed E-state index contributed by atoms with van der Waals surface area (Å²) in [6.45, 7) is 0. The van der Waals surface area contributed by atoms with Gasteiger partial charge in [-0.05, 0) is 48.5 Å². The van der Waals surface area contributed by atoms with Crippen LogP contribution in [0.2, 0.25) is 0 Å². The zero-order chi connectivity index (χ0) is 23.2. The number of anilines is 1. The third-order valence-corrected chi connectivity index (χ3v) is 5.60. The van der Waals surface area contributed by atoms with E-state index in [-0.39, 0.29) is 17.5 Å². The van der Waals surface area contributed by atoms with Crippen LogP contribution in [-0.2, 0) is 9.53 Å². The Balaban J connectivity index is 1.52. The summed E-state index contributed by atoms with van der Waals surface area (Å²) in [6, 6.07) is 21.9. The number of amides is 1. The lowest BCUT2D eigenvalue weighted by Gasteiger charge is -2.11. The summed E-state index contributed by atoms with van der Waals surface area (Å²) in [5, 5.41) is 11.8. The first-order valence-electron chi connectivity index (χ1n) is 9.93. The normalized spacial score (nSPS) is 10.6. The molecule has 1 heterocycles. The second kappa shape index (κ2) is 10.1. The molecule has 0 fully saturated rings. The number of carbonyl (C=O) groups is 2. The predicted molar refractivity (Wildman–Crippen MR) is 124 cm³/mol. The van der Waals surface area contributed by atoms with Crippen LogP contribution >= 0.6 is 11.8 Å². The van der Waals surface area contributed by atoms with Crippen LogP contribution < -0.4 is 5.32 Å². The van der Waals surface area contributed by atoms with E-state index in [2.05, 4.69) is 20.3 Å². The first-order chi connectivity index (χ1) is 16.0. The van der Waals surface area contributed by atoms with Gasteiger partial charge in [0.2, 0.25) is 5.91 Å². The van der Waals surface area contributed by atoms with Gasteiger partial charge in [0, 0.05) is 16.9 Å². The molecule has 9 heteroatoms. The summed E-state index contributed by atoms with van der Waals surface area (Å²) in [7, 11) is 1.31. The average molecular weight is 463 g/mol. The Hall–Kier alpha value is -3.98. The molecule has 0 spiro atoms. The number of carbonyl (C=O) groups excluding carboxylic acids is 2. The molecule has 4 rings (SSSR count). The Morgan fingerprint density at radius 2 is 1.67 bits per heavy atom. The summed E-state index contributed by atoms with van der Waals surface area (Å²) in [5.74, 6) is -0.380. The van der Waals surface area contributed by atoms with E-state index in [1.807, 2.05) is 30.3 Å². The van der Waals surface area contributed by atoms with E-state index in [0.29, 0.717) is 27.9 Å². The van der Waals surface area contributed by atoms with Gasteiger partial charge in [0.25, 0.3) is 0 Å². The highest BCUT2D eigenvalue weighted by Crippen LogP contribution is 2.28. The number of nitrogens with one attached hydrogen (secondary N) is 1. The summed E-state index contributed by atoms with van der Waals surface area (Å²) in [4.78, 5) is 24.0. The van der Waals surface area contributed by atoms with E-state index in [1.54, 1.807) is 41.0 Å². The fourth-order valence-electron chi connectivity index (χ4n) is 3.10. The van der Waals surface area contributed by atoms with Crippen LogP contribution in [0.15, 0.2) is 84.0 Å². The largest absolute Gasteiger partial charge is 0.465 e. The van der Waals surface area contributed by atoms with Crippen molar-refractivity contribution in [1.29, 1.82) is 0 Å². The minimum absolute atomic E-state index is 0.0763. The van der Waals surface area contributed by atoms with E-state index in [4.69, 9.17) is 0 Å². The molecule has 1 N–H and O–H groups in total. The summed E-state index contributed by atoms with van der Waals surface area (Å²) in [6.07, 6.45) is 0. The SMILES string of the molecule is COC(=O)c1ccc(NC(=O)CSc2nnc(-c3ccccc3)n2-c2ccc(F)cc2)cc1. The van der Waals surface area contributed by atoms with E-state index >= 15 is 0 Å². The van der Waals surface area contributed by atoms with Crippen LogP contribution in [0.3, 0.4) is 0 Å². The first kappa shape index (κ1) is 22.2. The molecule has 0 saturated carbocycles. The van der Waals surface area contributed by atoms with Gasteiger partial charge in [-0.25, -0.2) is 9.18 Å². The minimum Gasteiger partial charge on any atom is -0.465 e. The predicted octanol–water partition coefficient (Wildman–Crippen LogP) is 4.59. The molecular weight excluding hydrogens is 443 g/mol. The Morgan fingerprint density at radius 1 is 0.970 bits per heavy atom. The van der Waals surface area contributed by atoms with E-state index in [1.165, 1.54) is 31.0 Å². The number of rotatable bonds is 7. The third kappa shape index (κ3) is 5.27. The van der Waals surface area contributed by atoms with Gasteiger partial charge in [0.1, 0.15) is 5.82 Å². The zero-order valence-corrected chi connectivity index (χ0v) is 18.4. The quantitative estimate of drug-likeness (QED) is 0.319. The number of thioether (sulfide) groups is 1. The molecule has 166 valence electrons. The Bertz CT molecular complexity index is 1260. The maximum absolute atomic E-state index is 13.5. The van der Waals surface area contributed by atoms with Crippen LogP contribution in [-0.4, -0.2) is 39.5 Å². The van der Waals surface area contributed by atoms with Gasteiger partial charge in [-0.3, -0.25) is 9.36 Å². The average Bonchev–Trinajstić information content (AvgIpc) is 3.28. The molecule has 0 saturated heterocycles. The van der Waals surface area contributed by atoms with Crippen molar-refractivity contribution in [1.82, 2.24) is 14.8 Å². The zero-order valence-electron chi connectivity index (χ0n) is 17.6. The van der Waals surface area contributed by atoms with Crippen molar-refractivity contribution in [2.75, 3.05) is 18.2 Å². The molecule has 33 heavy (non-hydrogen) atoms. The number of aromatic nitrogens is 3. The van der Waals surface area contributed by atoms with Gasteiger partial charge >= 0.3 is 5.97 Å². The van der Waals surface area contributed by atoms with Crippen molar-refractivity contribution >= 4 is 29.3 Å². The third-order valence-electron chi connectivity index (χ3n) is 4.67. The van der Waals surface area contributed by atoms with E-state index in [0.717, 1.165) is 5.56 Å². The highest BCUT2D eigenvalue weighted by Gasteiger charge is 2.17. The molecule has 1 aromatic heterocycles. The number of hydrogen-bond donors (Lipinski definition) is 1. The molecule has 4 aromatic rings.